The number of benzene rings is 1. The van der Waals surface area contributed by atoms with Crippen molar-refractivity contribution in [2.45, 2.75) is 6.04 Å². The Morgan fingerprint density at radius 1 is 1.35 bits per heavy atom. The van der Waals surface area contributed by atoms with E-state index in [0.717, 1.165) is 12.3 Å². The predicted molar refractivity (Wildman–Crippen MR) is 69.2 cm³/mol. The second-order valence-electron chi connectivity index (χ2n) is 3.86. The molecule has 0 saturated carbocycles. The zero-order valence-corrected chi connectivity index (χ0v) is 10.9. The molecule has 0 aromatic heterocycles. The van der Waals surface area contributed by atoms with Crippen LogP contribution in [-0.2, 0) is 0 Å². The average molecular weight is 260 g/mol. The molecule has 0 heterocycles. The van der Waals surface area contributed by atoms with E-state index in [2.05, 4.69) is 0 Å². The van der Waals surface area contributed by atoms with Crippen LogP contribution < -0.4 is 5.73 Å². The van der Waals surface area contributed by atoms with E-state index in [9.17, 15) is 8.78 Å². The van der Waals surface area contributed by atoms with Gasteiger partial charge in [0.15, 0.2) is 0 Å². The van der Waals surface area contributed by atoms with Crippen LogP contribution in [-0.4, -0.2) is 37.0 Å². The van der Waals surface area contributed by atoms with Crippen LogP contribution in [0.5, 0.6) is 0 Å². The smallest absolute Gasteiger partial charge is 0.130 e. The molecule has 2 nitrogen and oxygen atoms in total. The summed E-state index contributed by atoms with van der Waals surface area (Å²) in [6.07, 6.45) is 2.00. The highest BCUT2D eigenvalue weighted by Gasteiger charge is 2.22. The van der Waals surface area contributed by atoms with Crippen molar-refractivity contribution in [1.29, 1.82) is 0 Å². The number of halogens is 2. The van der Waals surface area contributed by atoms with Gasteiger partial charge in [-0.1, -0.05) is 6.07 Å². The van der Waals surface area contributed by atoms with Crippen LogP contribution in [0.3, 0.4) is 0 Å². The van der Waals surface area contributed by atoms with Crippen molar-refractivity contribution < 1.29 is 8.78 Å². The number of nitrogens with two attached hydrogens (primary N) is 1. The highest BCUT2D eigenvalue weighted by Crippen LogP contribution is 2.24. The summed E-state index contributed by atoms with van der Waals surface area (Å²) in [5.74, 6) is -0.156. The minimum Gasteiger partial charge on any atom is -0.329 e. The Morgan fingerprint density at radius 2 is 1.94 bits per heavy atom. The Labute approximate surface area is 105 Å². The largest absolute Gasteiger partial charge is 0.329 e. The third-order valence-electron chi connectivity index (χ3n) is 2.74. The summed E-state index contributed by atoms with van der Waals surface area (Å²) in [6, 6.07) is 3.49. The van der Waals surface area contributed by atoms with Gasteiger partial charge in [0.2, 0.25) is 0 Å². The molecule has 0 fully saturated rings. The van der Waals surface area contributed by atoms with Gasteiger partial charge in [-0.2, -0.15) is 11.8 Å². The quantitative estimate of drug-likeness (QED) is 0.850. The monoisotopic (exact) mass is 260 g/mol. The first-order valence-electron chi connectivity index (χ1n) is 5.45. The number of hydrogen-bond donors (Lipinski definition) is 1. The molecule has 1 aromatic carbocycles. The molecule has 5 heteroatoms. The maximum Gasteiger partial charge on any atom is 0.130 e. The van der Waals surface area contributed by atoms with Gasteiger partial charge < -0.3 is 5.73 Å². The van der Waals surface area contributed by atoms with E-state index in [-0.39, 0.29) is 12.1 Å². The molecular formula is C12H18F2N2S. The van der Waals surface area contributed by atoms with Crippen LogP contribution in [0, 0.1) is 11.6 Å². The van der Waals surface area contributed by atoms with Crippen LogP contribution in [0.4, 0.5) is 8.78 Å². The van der Waals surface area contributed by atoms with Crippen molar-refractivity contribution in [2.24, 2.45) is 5.73 Å². The fourth-order valence-electron chi connectivity index (χ4n) is 1.74. The molecule has 96 valence electrons. The highest BCUT2D eigenvalue weighted by atomic mass is 32.2. The minimum absolute atomic E-state index is 0.0682. The summed E-state index contributed by atoms with van der Waals surface area (Å²) >= 11 is 1.69. The molecule has 0 bridgehead atoms. The molecule has 0 radical (unpaired) electrons. The Hall–Kier alpha value is -0.650. The van der Waals surface area contributed by atoms with E-state index in [0.29, 0.717) is 0 Å². The molecule has 0 spiro atoms. The summed E-state index contributed by atoms with van der Waals surface area (Å²) in [6.45, 7) is 0.944. The number of rotatable bonds is 6. The Kier molecular flexibility index (Phi) is 5.88. The Morgan fingerprint density at radius 3 is 2.41 bits per heavy atom. The lowest BCUT2D eigenvalue weighted by Crippen LogP contribution is -2.33. The molecule has 1 aromatic rings. The summed E-state index contributed by atoms with van der Waals surface area (Å²) < 4.78 is 27.3. The first-order chi connectivity index (χ1) is 8.11. The predicted octanol–water partition coefficient (Wildman–Crippen LogP) is 2.26. The highest BCUT2D eigenvalue weighted by molar-refractivity contribution is 7.98. The third-order valence-corrected chi connectivity index (χ3v) is 3.33. The molecule has 1 unspecified atom stereocenters. The van der Waals surface area contributed by atoms with E-state index >= 15 is 0 Å². The lowest BCUT2D eigenvalue weighted by molar-refractivity contribution is 0.253. The Bertz CT molecular complexity index is 340. The van der Waals surface area contributed by atoms with Crippen molar-refractivity contribution in [3.63, 3.8) is 0 Å². The molecule has 17 heavy (non-hydrogen) atoms. The van der Waals surface area contributed by atoms with Crippen molar-refractivity contribution in [3.05, 3.63) is 35.4 Å². The van der Waals surface area contributed by atoms with E-state index < -0.39 is 17.7 Å². The number of likely N-dealkylation sites (N-methyl/N-ethyl adjacent to an activating group) is 1. The van der Waals surface area contributed by atoms with Gasteiger partial charge in [0.25, 0.3) is 0 Å². The van der Waals surface area contributed by atoms with Gasteiger partial charge in [0, 0.05) is 24.4 Å². The fourth-order valence-corrected chi connectivity index (χ4v) is 2.21. The minimum atomic E-state index is -0.531. The van der Waals surface area contributed by atoms with Gasteiger partial charge in [0.1, 0.15) is 11.6 Å². The van der Waals surface area contributed by atoms with Gasteiger partial charge >= 0.3 is 0 Å². The van der Waals surface area contributed by atoms with Crippen LogP contribution >= 0.6 is 11.8 Å². The lowest BCUT2D eigenvalue weighted by atomic mass is 10.0. The summed E-state index contributed by atoms with van der Waals surface area (Å²) in [5, 5.41) is 0. The molecule has 1 rings (SSSR count). The maximum atomic E-state index is 13.6. The number of thioether (sulfide) groups is 1. The van der Waals surface area contributed by atoms with Crippen molar-refractivity contribution in [3.8, 4) is 0 Å². The first-order valence-corrected chi connectivity index (χ1v) is 6.84. The second-order valence-corrected chi connectivity index (χ2v) is 4.85. The van der Waals surface area contributed by atoms with Crippen molar-refractivity contribution in [2.75, 3.05) is 32.1 Å². The molecule has 0 saturated heterocycles. The van der Waals surface area contributed by atoms with E-state index in [1.54, 1.807) is 11.8 Å². The molecule has 0 aliphatic rings. The SMILES string of the molecule is CSCCN(C)C(CN)c1c(F)cccc1F. The summed E-state index contributed by atoms with van der Waals surface area (Å²) in [4.78, 5) is 1.89. The van der Waals surface area contributed by atoms with E-state index in [1.165, 1.54) is 18.2 Å². The number of hydrogen-bond acceptors (Lipinski definition) is 3. The molecule has 0 aliphatic heterocycles. The summed E-state index contributed by atoms with van der Waals surface area (Å²) in [5.41, 5.74) is 5.70. The van der Waals surface area contributed by atoms with Gasteiger partial charge in [0.05, 0.1) is 6.04 Å². The second kappa shape index (κ2) is 6.93. The van der Waals surface area contributed by atoms with Gasteiger partial charge in [-0.05, 0) is 25.4 Å². The van der Waals surface area contributed by atoms with Crippen LogP contribution in [0.2, 0.25) is 0 Å². The lowest BCUT2D eigenvalue weighted by Gasteiger charge is -2.27. The standard InChI is InChI=1S/C12H18F2N2S/c1-16(6-7-17-2)11(8-15)12-9(13)4-3-5-10(12)14/h3-5,11H,6-8,15H2,1-2H3. The maximum absolute atomic E-state index is 13.6. The topological polar surface area (TPSA) is 29.3 Å². The average Bonchev–Trinajstić information content (AvgIpc) is 2.31. The van der Waals surface area contributed by atoms with Gasteiger partial charge in [-0.25, -0.2) is 8.78 Å². The van der Waals surface area contributed by atoms with Crippen molar-refractivity contribution >= 4 is 11.8 Å². The third kappa shape index (κ3) is 3.66. The van der Waals surface area contributed by atoms with Crippen LogP contribution in [0.1, 0.15) is 11.6 Å². The van der Waals surface area contributed by atoms with E-state index in [4.69, 9.17) is 5.73 Å². The zero-order chi connectivity index (χ0) is 12.8. The zero-order valence-electron chi connectivity index (χ0n) is 10.1. The molecule has 2 N–H and O–H groups in total. The molecule has 1 atom stereocenters. The van der Waals surface area contributed by atoms with Gasteiger partial charge in [-0.3, -0.25) is 4.90 Å². The van der Waals surface area contributed by atoms with Crippen LogP contribution in [0.15, 0.2) is 18.2 Å². The van der Waals surface area contributed by atoms with Crippen molar-refractivity contribution in [1.82, 2.24) is 4.90 Å². The molecule has 0 amide bonds. The fraction of sp³-hybridized carbons (Fsp3) is 0.500. The van der Waals surface area contributed by atoms with Crippen LogP contribution in [0.25, 0.3) is 0 Å². The first kappa shape index (κ1) is 14.4. The molecule has 0 aliphatic carbocycles. The van der Waals surface area contributed by atoms with E-state index in [1.807, 2.05) is 18.2 Å². The normalized spacial score (nSPS) is 13.1. The Balaban J connectivity index is 2.93. The van der Waals surface area contributed by atoms with Gasteiger partial charge in [-0.15, -0.1) is 0 Å². The molecular weight excluding hydrogens is 242 g/mol. The summed E-state index contributed by atoms with van der Waals surface area (Å²) in [7, 11) is 1.83. The number of nitrogens with zero attached hydrogens (tertiary/aromatic N) is 1.